The number of fused-ring (bicyclic) bond motifs is 1. The van der Waals surface area contributed by atoms with Crippen molar-refractivity contribution in [1.82, 2.24) is 14.1 Å². The summed E-state index contributed by atoms with van der Waals surface area (Å²) in [7, 11) is -3.89. The average molecular weight is 597 g/mol. The zero-order valence-corrected chi connectivity index (χ0v) is 24.0. The summed E-state index contributed by atoms with van der Waals surface area (Å²) in [6.45, 7) is 4.34. The van der Waals surface area contributed by atoms with Crippen molar-refractivity contribution >= 4 is 27.1 Å². The van der Waals surface area contributed by atoms with Gasteiger partial charge >= 0.3 is 5.56 Å². The standard InChI is InChI=1S/C28H32N6O7S/c1-19-13-20(19)17-41-27-25(16-30-33(28(27)35)22-5-3-2-4-6-22)31-8-10-32(11-9-31)42(38,39)18-21-14-26-23(29-7-12-40-26)15-24(21)34(36)37/h2-6,14-16,19-20,29H,7-13,17-18H2,1H3. The Morgan fingerprint density at radius 3 is 2.60 bits per heavy atom. The lowest BCUT2D eigenvalue weighted by atomic mass is 10.1. The van der Waals surface area contributed by atoms with Crippen LogP contribution >= 0.6 is 0 Å². The monoisotopic (exact) mass is 596 g/mol. The van der Waals surface area contributed by atoms with Gasteiger partial charge in [0.2, 0.25) is 15.8 Å². The van der Waals surface area contributed by atoms with E-state index in [0.717, 1.165) is 6.42 Å². The summed E-state index contributed by atoms with van der Waals surface area (Å²) in [5.41, 5.74) is 1.03. The van der Waals surface area contributed by atoms with Crippen LogP contribution in [0.2, 0.25) is 0 Å². The van der Waals surface area contributed by atoms with E-state index in [2.05, 4.69) is 17.3 Å². The summed E-state index contributed by atoms with van der Waals surface area (Å²) >= 11 is 0. The number of aromatic nitrogens is 2. The van der Waals surface area contributed by atoms with Gasteiger partial charge in [-0.2, -0.15) is 14.1 Å². The van der Waals surface area contributed by atoms with Crippen molar-refractivity contribution in [2.75, 3.05) is 56.2 Å². The molecule has 2 atom stereocenters. The third kappa shape index (κ3) is 5.63. The van der Waals surface area contributed by atoms with Crippen LogP contribution in [0.4, 0.5) is 17.1 Å². The number of nitrogens with zero attached hydrogens (tertiary/aromatic N) is 5. The van der Waals surface area contributed by atoms with Gasteiger partial charge in [-0.05, 0) is 36.5 Å². The first kappa shape index (κ1) is 28.0. The molecular weight excluding hydrogens is 564 g/mol. The van der Waals surface area contributed by atoms with Gasteiger partial charge in [0.15, 0.2) is 0 Å². The molecule has 2 aromatic carbocycles. The van der Waals surface area contributed by atoms with Gasteiger partial charge in [0.05, 0.1) is 40.4 Å². The lowest BCUT2D eigenvalue weighted by Gasteiger charge is -2.35. The molecule has 1 saturated heterocycles. The lowest BCUT2D eigenvalue weighted by Crippen LogP contribution is -2.49. The third-order valence-electron chi connectivity index (χ3n) is 8.00. The number of sulfonamides is 1. The molecule has 0 bridgehead atoms. The van der Waals surface area contributed by atoms with Crippen molar-refractivity contribution in [2.24, 2.45) is 11.8 Å². The minimum absolute atomic E-state index is 0.0728. The molecule has 0 radical (unpaired) electrons. The Labute approximate surface area is 242 Å². The first-order chi connectivity index (χ1) is 20.2. The van der Waals surface area contributed by atoms with Gasteiger partial charge in [0.1, 0.15) is 18.0 Å². The summed E-state index contributed by atoms with van der Waals surface area (Å²) in [6.07, 6.45) is 2.64. The largest absolute Gasteiger partial charge is 0.490 e. The van der Waals surface area contributed by atoms with Crippen LogP contribution in [0.25, 0.3) is 5.69 Å². The summed E-state index contributed by atoms with van der Waals surface area (Å²) in [6, 6.07) is 11.9. The highest BCUT2D eigenvalue weighted by Crippen LogP contribution is 2.39. The number of benzene rings is 2. The molecule has 3 aromatic rings. The maximum Gasteiger partial charge on any atom is 0.316 e. The molecular formula is C28H32N6O7S. The van der Waals surface area contributed by atoms with Crippen LogP contribution in [0, 0.1) is 22.0 Å². The van der Waals surface area contributed by atoms with Crippen molar-refractivity contribution in [3.05, 3.63) is 74.7 Å². The van der Waals surface area contributed by atoms with Crippen LogP contribution in [-0.2, 0) is 15.8 Å². The minimum atomic E-state index is -3.89. The fourth-order valence-corrected chi connectivity index (χ4v) is 6.89. The molecule has 0 amide bonds. The predicted octanol–water partition coefficient (Wildman–Crippen LogP) is 2.63. The number of anilines is 2. The van der Waals surface area contributed by atoms with Gasteiger partial charge in [-0.1, -0.05) is 25.1 Å². The van der Waals surface area contributed by atoms with E-state index in [1.165, 1.54) is 21.1 Å². The number of rotatable bonds is 9. The Bertz CT molecular complexity index is 1660. The van der Waals surface area contributed by atoms with E-state index in [9.17, 15) is 23.3 Å². The summed E-state index contributed by atoms with van der Waals surface area (Å²) < 4.78 is 41.2. The predicted molar refractivity (Wildman–Crippen MR) is 156 cm³/mol. The van der Waals surface area contributed by atoms with E-state index in [4.69, 9.17) is 9.47 Å². The Balaban J connectivity index is 1.21. The van der Waals surface area contributed by atoms with Crippen molar-refractivity contribution in [1.29, 1.82) is 0 Å². The van der Waals surface area contributed by atoms with Gasteiger partial charge in [-0.25, -0.2) is 8.42 Å². The highest BCUT2D eigenvalue weighted by molar-refractivity contribution is 7.88. The van der Waals surface area contributed by atoms with Gasteiger partial charge in [-0.3, -0.25) is 14.9 Å². The molecule has 0 spiro atoms. The fraction of sp³-hybridized carbons (Fsp3) is 0.429. The van der Waals surface area contributed by atoms with E-state index in [1.807, 2.05) is 23.1 Å². The first-order valence-electron chi connectivity index (χ1n) is 13.9. The number of hydrogen-bond acceptors (Lipinski definition) is 10. The Morgan fingerprint density at radius 2 is 1.90 bits per heavy atom. The highest BCUT2D eigenvalue weighted by Gasteiger charge is 2.35. The van der Waals surface area contributed by atoms with Gasteiger partial charge in [-0.15, -0.1) is 0 Å². The molecule has 6 rings (SSSR count). The number of para-hydroxylation sites is 1. The second-order valence-corrected chi connectivity index (χ2v) is 12.8. The van der Waals surface area contributed by atoms with Crippen LogP contribution < -0.4 is 25.2 Å². The fourth-order valence-electron chi connectivity index (χ4n) is 5.36. The summed E-state index contributed by atoms with van der Waals surface area (Å²) in [4.78, 5) is 26.6. The Kier molecular flexibility index (Phi) is 7.49. The molecule has 2 unspecified atom stereocenters. The molecule has 1 saturated carbocycles. The summed E-state index contributed by atoms with van der Waals surface area (Å²) in [5, 5.41) is 19.2. The van der Waals surface area contributed by atoms with Crippen LogP contribution in [0.1, 0.15) is 18.9 Å². The number of nitro groups is 1. The normalized spacial score (nSPS) is 20.3. The first-order valence-corrected chi connectivity index (χ1v) is 15.5. The second-order valence-electron chi connectivity index (χ2n) is 10.8. The minimum Gasteiger partial charge on any atom is -0.490 e. The van der Waals surface area contributed by atoms with Crippen molar-refractivity contribution in [3.63, 3.8) is 0 Å². The second kappa shape index (κ2) is 11.2. The molecule has 1 aromatic heterocycles. The number of nitro benzene ring substituents is 1. The summed E-state index contributed by atoms with van der Waals surface area (Å²) in [5.74, 6) is 1.01. The van der Waals surface area contributed by atoms with Crippen LogP contribution in [-0.4, -0.2) is 73.4 Å². The molecule has 222 valence electrons. The maximum absolute atomic E-state index is 13.5. The van der Waals surface area contributed by atoms with E-state index in [1.54, 1.807) is 18.3 Å². The smallest absolute Gasteiger partial charge is 0.316 e. The Morgan fingerprint density at radius 1 is 1.17 bits per heavy atom. The van der Waals surface area contributed by atoms with E-state index in [0.29, 0.717) is 67.5 Å². The molecule has 1 N–H and O–H groups in total. The van der Waals surface area contributed by atoms with Gasteiger partial charge in [0.25, 0.3) is 5.69 Å². The molecule has 1 aliphatic carbocycles. The quantitative estimate of drug-likeness (QED) is 0.289. The topological polar surface area (TPSA) is 149 Å². The number of piperazine rings is 1. The number of hydrogen-bond donors (Lipinski definition) is 1. The number of nitrogens with one attached hydrogen (secondary N) is 1. The highest BCUT2D eigenvalue weighted by atomic mass is 32.2. The average Bonchev–Trinajstić information content (AvgIpc) is 3.70. The zero-order chi connectivity index (χ0) is 29.4. The van der Waals surface area contributed by atoms with Crippen LogP contribution in [0.15, 0.2) is 53.5 Å². The van der Waals surface area contributed by atoms with E-state index < -0.39 is 20.7 Å². The zero-order valence-electron chi connectivity index (χ0n) is 23.1. The van der Waals surface area contributed by atoms with Crippen molar-refractivity contribution in [2.45, 2.75) is 19.1 Å². The van der Waals surface area contributed by atoms with Crippen LogP contribution in [0.5, 0.6) is 11.5 Å². The van der Waals surface area contributed by atoms with E-state index in [-0.39, 0.29) is 35.6 Å². The number of ether oxygens (including phenoxy) is 2. The SMILES string of the molecule is CC1CC1COc1c(N2CCN(S(=O)(=O)Cc3cc4c(cc3[N+](=O)[O-])NCCO4)CC2)cnn(-c2ccccc2)c1=O. The Hall–Kier alpha value is -4.17. The third-order valence-corrected chi connectivity index (χ3v) is 9.82. The molecule has 14 heteroatoms. The van der Waals surface area contributed by atoms with E-state index >= 15 is 0 Å². The van der Waals surface area contributed by atoms with Gasteiger partial charge in [0, 0.05) is 38.8 Å². The van der Waals surface area contributed by atoms with Crippen molar-refractivity contribution < 1.29 is 22.8 Å². The molecule has 2 fully saturated rings. The van der Waals surface area contributed by atoms with Crippen molar-refractivity contribution in [3.8, 4) is 17.2 Å². The lowest BCUT2D eigenvalue weighted by molar-refractivity contribution is -0.385. The van der Waals surface area contributed by atoms with Gasteiger partial charge < -0.3 is 19.7 Å². The maximum atomic E-state index is 13.5. The molecule has 3 aliphatic rings. The molecule has 3 heterocycles. The van der Waals surface area contributed by atoms with Crippen LogP contribution in [0.3, 0.4) is 0 Å². The molecule has 13 nitrogen and oxygen atoms in total. The molecule has 2 aliphatic heterocycles. The molecule has 42 heavy (non-hydrogen) atoms.